The van der Waals surface area contributed by atoms with E-state index >= 15 is 0 Å². The van der Waals surface area contributed by atoms with Crippen LogP contribution in [0.4, 0.5) is 0 Å². The average molecular weight is 451 g/mol. The lowest BCUT2D eigenvalue weighted by Gasteiger charge is -2.30. The maximum Gasteiger partial charge on any atom is 0.338 e. The van der Waals surface area contributed by atoms with Crippen molar-refractivity contribution >= 4 is 21.9 Å². The third kappa shape index (κ3) is 5.66. The van der Waals surface area contributed by atoms with Crippen LogP contribution in [-0.4, -0.2) is 49.8 Å². The first-order valence-corrected chi connectivity index (χ1v) is 12.8. The molecule has 8 heteroatoms. The van der Waals surface area contributed by atoms with E-state index in [2.05, 4.69) is 12.2 Å². The maximum atomic E-state index is 13.1. The van der Waals surface area contributed by atoms with Crippen molar-refractivity contribution in [2.45, 2.75) is 82.8 Å². The second-order valence-corrected chi connectivity index (χ2v) is 10.8. The van der Waals surface area contributed by atoms with E-state index in [1.807, 2.05) is 0 Å². The molecule has 1 heterocycles. The van der Waals surface area contributed by atoms with Gasteiger partial charge >= 0.3 is 5.97 Å². The lowest BCUT2D eigenvalue weighted by Crippen LogP contribution is -2.46. The van der Waals surface area contributed by atoms with Crippen molar-refractivity contribution in [2.75, 3.05) is 13.1 Å². The highest BCUT2D eigenvalue weighted by Gasteiger charge is 2.30. The number of carbonyl (C=O) groups is 2. The van der Waals surface area contributed by atoms with E-state index in [0.717, 1.165) is 38.5 Å². The quantitative estimate of drug-likeness (QED) is 0.671. The molecule has 2 fully saturated rings. The van der Waals surface area contributed by atoms with Gasteiger partial charge in [-0.05, 0) is 63.1 Å². The Labute approximate surface area is 185 Å². The summed E-state index contributed by atoms with van der Waals surface area (Å²) in [6.07, 6.45) is 6.02. The van der Waals surface area contributed by atoms with Crippen LogP contribution in [0.2, 0.25) is 0 Å². The zero-order chi connectivity index (χ0) is 22.6. The molecule has 1 amide bonds. The molecule has 0 radical (unpaired) electrons. The van der Waals surface area contributed by atoms with Crippen molar-refractivity contribution in [3.63, 3.8) is 0 Å². The number of piperidine rings is 1. The predicted molar refractivity (Wildman–Crippen MR) is 118 cm³/mol. The highest BCUT2D eigenvalue weighted by atomic mass is 32.2. The number of aryl methyl sites for hydroxylation is 1. The Morgan fingerprint density at radius 3 is 2.45 bits per heavy atom. The molecule has 1 aliphatic carbocycles. The maximum absolute atomic E-state index is 13.1. The molecule has 1 N–H and O–H groups in total. The van der Waals surface area contributed by atoms with Crippen LogP contribution in [0.1, 0.15) is 74.7 Å². The number of carbonyl (C=O) groups excluding carboxylic acids is 2. The molecule has 0 unspecified atom stereocenters. The molecule has 1 saturated carbocycles. The Morgan fingerprint density at radius 2 is 1.77 bits per heavy atom. The number of nitrogens with zero attached hydrogens (tertiary/aromatic N) is 1. The van der Waals surface area contributed by atoms with Crippen molar-refractivity contribution in [2.24, 2.45) is 5.92 Å². The fourth-order valence-corrected chi connectivity index (χ4v) is 6.13. The lowest BCUT2D eigenvalue weighted by molar-refractivity contribution is -0.130. The summed E-state index contributed by atoms with van der Waals surface area (Å²) >= 11 is 0. The van der Waals surface area contributed by atoms with Gasteiger partial charge in [0.1, 0.15) is 0 Å². The third-order valence-electron chi connectivity index (χ3n) is 6.45. The zero-order valence-electron chi connectivity index (χ0n) is 18.7. The van der Waals surface area contributed by atoms with Gasteiger partial charge < -0.3 is 10.1 Å². The minimum absolute atomic E-state index is 0.100. The molecule has 1 saturated heterocycles. The van der Waals surface area contributed by atoms with Gasteiger partial charge in [0.05, 0.1) is 10.5 Å². The van der Waals surface area contributed by atoms with Crippen LogP contribution in [0, 0.1) is 12.8 Å². The van der Waals surface area contributed by atoms with E-state index in [0.29, 0.717) is 24.6 Å². The number of benzene rings is 1. The van der Waals surface area contributed by atoms with Crippen molar-refractivity contribution in [3.05, 3.63) is 29.3 Å². The van der Waals surface area contributed by atoms with E-state index in [-0.39, 0.29) is 22.4 Å². The summed E-state index contributed by atoms with van der Waals surface area (Å²) in [5.41, 5.74) is 0.714. The van der Waals surface area contributed by atoms with Gasteiger partial charge in [-0.25, -0.2) is 13.2 Å². The molecule has 1 aromatic carbocycles. The van der Waals surface area contributed by atoms with Crippen molar-refractivity contribution in [1.29, 1.82) is 0 Å². The average Bonchev–Trinajstić information content (AvgIpc) is 2.76. The number of hydrogen-bond donors (Lipinski definition) is 1. The Kier molecular flexibility index (Phi) is 7.75. The lowest BCUT2D eigenvalue weighted by atomic mass is 9.86. The number of hydrogen-bond acceptors (Lipinski definition) is 5. The molecule has 7 nitrogen and oxygen atoms in total. The molecular weight excluding hydrogens is 416 g/mol. The summed E-state index contributed by atoms with van der Waals surface area (Å²) in [6.45, 7) is 6.37. The summed E-state index contributed by atoms with van der Waals surface area (Å²) in [5.74, 6) is -0.616. The first-order chi connectivity index (χ1) is 14.7. The van der Waals surface area contributed by atoms with Crippen LogP contribution >= 0.6 is 0 Å². The molecule has 172 valence electrons. The van der Waals surface area contributed by atoms with E-state index in [4.69, 9.17) is 4.74 Å². The Balaban J connectivity index is 1.68. The third-order valence-corrected chi connectivity index (χ3v) is 8.49. The van der Waals surface area contributed by atoms with Gasteiger partial charge in [-0.3, -0.25) is 4.79 Å². The highest BCUT2D eigenvalue weighted by molar-refractivity contribution is 7.89. The second-order valence-electron chi connectivity index (χ2n) is 8.87. The van der Waals surface area contributed by atoms with Gasteiger partial charge in [0, 0.05) is 19.1 Å². The SMILES string of the molecule is Cc1ccc(C(=O)O[C@H](C)C(=O)N[C@@H]2CCCC[C@H]2C)cc1S(=O)(=O)N1CCCCC1. The predicted octanol–water partition coefficient (Wildman–Crippen LogP) is 3.41. The van der Waals surface area contributed by atoms with Gasteiger partial charge in [-0.2, -0.15) is 4.31 Å². The van der Waals surface area contributed by atoms with Crippen LogP contribution in [0.25, 0.3) is 0 Å². The summed E-state index contributed by atoms with van der Waals surface area (Å²) in [6, 6.07) is 4.63. The molecule has 1 aromatic rings. The van der Waals surface area contributed by atoms with Gasteiger partial charge in [0.15, 0.2) is 6.10 Å². The number of ether oxygens (including phenoxy) is 1. The summed E-state index contributed by atoms with van der Waals surface area (Å²) < 4.78 is 33.0. The highest BCUT2D eigenvalue weighted by Crippen LogP contribution is 2.26. The van der Waals surface area contributed by atoms with E-state index in [1.165, 1.54) is 16.8 Å². The fraction of sp³-hybridized carbons (Fsp3) is 0.652. The fourth-order valence-electron chi connectivity index (χ4n) is 4.36. The zero-order valence-corrected chi connectivity index (χ0v) is 19.5. The Morgan fingerprint density at radius 1 is 1.10 bits per heavy atom. The summed E-state index contributed by atoms with van der Waals surface area (Å²) in [4.78, 5) is 25.3. The molecule has 3 atom stereocenters. The minimum Gasteiger partial charge on any atom is -0.449 e. The Hall–Kier alpha value is -1.93. The van der Waals surface area contributed by atoms with Crippen molar-refractivity contribution in [1.82, 2.24) is 9.62 Å². The molecule has 0 spiro atoms. The van der Waals surface area contributed by atoms with Crippen LogP contribution in [-0.2, 0) is 19.6 Å². The number of rotatable bonds is 6. The molecular formula is C23H34N2O5S. The standard InChI is InChI=1S/C23H34N2O5S/c1-16-9-5-6-10-20(16)24-22(26)18(3)30-23(27)19-12-11-17(2)21(15-19)31(28,29)25-13-7-4-8-14-25/h11-12,15-16,18,20H,4-10,13-14H2,1-3H3,(H,24,26)/t16-,18-,20-/m1/s1. The van der Waals surface area contributed by atoms with Gasteiger partial charge in [0.2, 0.25) is 10.0 Å². The Bertz CT molecular complexity index is 909. The number of sulfonamides is 1. The van der Waals surface area contributed by atoms with E-state index in [9.17, 15) is 18.0 Å². The monoisotopic (exact) mass is 450 g/mol. The molecule has 31 heavy (non-hydrogen) atoms. The van der Waals surface area contributed by atoms with Crippen molar-refractivity contribution < 1.29 is 22.7 Å². The normalized spacial score (nSPS) is 23.7. The van der Waals surface area contributed by atoms with Crippen LogP contribution < -0.4 is 5.32 Å². The smallest absolute Gasteiger partial charge is 0.338 e. The van der Waals surface area contributed by atoms with Crippen molar-refractivity contribution in [3.8, 4) is 0 Å². The number of esters is 1. The summed E-state index contributed by atoms with van der Waals surface area (Å²) in [5, 5.41) is 2.99. The molecule has 0 bridgehead atoms. The molecule has 0 aromatic heterocycles. The molecule has 3 rings (SSSR count). The van der Waals surface area contributed by atoms with E-state index in [1.54, 1.807) is 26.0 Å². The van der Waals surface area contributed by atoms with E-state index < -0.39 is 22.1 Å². The second kappa shape index (κ2) is 10.1. The van der Waals surface area contributed by atoms with Gasteiger partial charge in [0.25, 0.3) is 5.91 Å². The number of amides is 1. The number of nitrogens with one attached hydrogen (secondary N) is 1. The first kappa shape index (κ1) is 23.7. The first-order valence-electron chi connectivity index (χ1n) is 11.3. The molecule has 2 aliphatic rings. The van der Waals surface area contributed by atoms with Gasteiger partial charge in [-0.1, -0.05) is 32.3 Å². The topological polar surface area (TPSA) is 92.8 Å². The largest absolute Gasteiger partial charge is 0.449 e. The van der Waals surface area contributed by atoms with Crippen LogP contribution in [0.15, 0.2) is 23.1 Å². The summed E-state index contributed by atoms with van der Waals surface area (Å²) in [7, 11) is -3.67. The molecule has 1 aliphatic heterocycles. The van der Waals surface area contributed by atoms with Crippen LogP contribution in [0.3, 0.4) is 0 Å². The minimum atomic E-state index is -3.67. The van der Waals surface area contributed by atoms with Crippen LogP contribution in [0.5, 0.6) is 0 Å². The van der Waals surface area contributed by atoms with Gasteiger partial charge in [-0.15, -0.1) is 0 Å².